The van der Waals surface area contributed by atoms with E-state index in [1.165, 1.54) is 0 Å². The number of nitrogens with zero attached hydrogens (tertiary/aromatic N) is 2. The van der Waals surface area contributed by atoms with E-state index in [0.29, 0.717) is 6.42 Å². The average molecular weight is 194 g/mol. The van der Waals surface area contributed by atoms with Gasteiger partial charge in [-0.25, -0.2) is 0 Å². The van der Waals surface area contributed by atoms with Crippen LogP contribution in [-0.2, 0) is 6.54 Å². The van der Waals surface area contributed by atoms with Gasteiger partial charge in [-0.2, -0.15) is 5.10 Å². The van der Waals surface area contributed by atoms with E-state index < -0.39 is 0 Å². The number of carbonyl (C=O) groups is 1. The molecular weight excluding hydrogens is 176 g/mol. The van der Waals surface area contributed by atoms with E-state index in [-0.39, 0.29) is 5.78 Å². The first-order chi connectivity index (χ1) is 6.69. The molecule has 3 heteroatoms. The molecule has 0 unspecified atom stereocenters. The van der Waals surface area contributed by atoms with Crippen LogP contribution in [0.15, 0.2) is 6.07 Å². The van der Waals surface area contributed by atoms with Crippen molar-refractivity contribution in [3.8, 4) is 0 Å². The van der Waals surface area contributed by atoms with Crippen LogP contribution < -0.4 is 0 Å². The lowest BCUT2D eigenvalue weighted by atomic mass is 10.1. The number of carbonyl (C=O) groups excluding carboxylic acids is 1. The van der Waals surface area contributed by atoms with Crippen molar-refractivity contribution in [2.24, 2.45) is 0 Å². The van der Waals surface area contributed by atoms with Crippen LogP contribution in [0.4, 0.5) is 0 Å². The molecule has 0 aliphatic carbocycles. The van der Waals surface area contributed by atoms with Gasteiger partial charge in [0.05, 0.1) is 5.69 Å². The summed E-state index contributed by atoms with van der Waals surface area (Å²) >= 11 is 0. The molecule has 0 aliphatic rings. The summed E-state index contributed by atoms with van der Waals surface area (Å²) in [6, 6.07) is 1.88. The molecule has 78 valence electrons. The summed E-state index contributed by atoms with van der Waals surface area (Å²) in [5.41, 5.74) is 1.69. The fourth-order valence-electron chi connectivity index (χ4n) is 1.48. The van der Waals surface area contributed by atoms with E-state index in [1.54, 1.807) is 4.68 Å². The first-order valence-electron chi connectivity index (χ1n) is 5.26. The number of ketones is 1. The number of Topliss-reactive ketones (excluding diaryl/α,β-unsaturated/α-hetero) is 1. The number of aryl methyl sites for hydroxylation is 2. The molecule has 3 nitrogen and oxygen atoms in total. The molecule has 0 fully saturated rings. The molecule has 1 aromatic rings. The lowest BCUT2D eigenvalue weighted by Gasteiger charge is -2.02. The molecule has 1 heterocycles. The molecule has 0 aromatic carbocycles. The zero-order valence-corrected chi connectivity index (χ0v) is 9.21. The molecule has 0 N–H and O–H groups in total. The van der Waals surface area contributed by atoms with Crippen molar-refractivity contribution in [1.29, 1.82) is 0 Å². The number of hydrogen-bond acceptors (Lipinski definition) is 2. The maximum absolute atomic E-state index is 11.7. The van der Waals surface area contributed by atoms with E-state index in [0.717, 1.165) is 30.8 Å². The highest BCUT2D eigenvalue weighted by Gasteiger charge is 2.11. The molecule has 1 aromatic heterocycles. The summed E-state index contributed by atoms with van der Waals surface area (Å²) in [5.74, 6) is 0.217. The zero-order valence-electron chi connectivity index (χ0n) is 9.21. The highest BCUT2D eigenvalue weighted by molar-refractivity contribution is 5.94. The maximum atomic E-state index is 11.7. The Morgan fingerprint density at radius 1 is 1.50 bits per heavy atom. The molecule has 0 saturated heterocycles. The molecular formula is C11H18N2O. The minimum atomic E-state index is 0.217. The van der Waals surface area contributed by atoms with Crippen molar-refractivity contribution in [2.75, 3.05) is 0 Å². The highest BCUT2D eigenvalue weighted by atomic mass is 16.1. The fraction of sp³-hybridized carbons (Fsp3) is 0.636. The van der Waals surface area contributed by atoms with Gasteiger partial charge >= 0.3 is 0 Å². The minimum Gasteiger partial charge on any atom is -0.292 e. The lowest BCUT2D eigenvalue weighted by Crippen LogP contribution is -2.09. The lowest BCUT2D eigenvalue weighted by molar-refractivity contribution is 0.0969. The second-order valence-corrected chi connectivity index (χ2v) is 3.51. The Morgan fingerprint density at radius 2 is 2.21 bits per heavy atom. The zero-order chi connectivity index (χ0) is 10.6. The Bertz CT molecular complexity index is 315. The van der Waals surface area contributed by atoms with Gasteiger partial charge in [0.2, 0.25) is 0 Å². The third-order valence-corrected chi connectivity index (χ3v) is 2.24. The van der Waals surface area contributed by atoms with Crippen LogP contribution in [0.1, 0.15) is 49.3 Å². The largest absolute Gasteiger partial charge is 0.292 e. The van der Waals surface area contributed by atoms with Crippen LogP contribution in [0.25, 0.3) is 0 Å². The Hall–Kier alpha value is -1.12. The SMILES string of the molecule is CCCCC(=O)c1cc(C)nn1CC. The predicted molar refractivity (Wildman–Crippen MR) is 56.5 cm³/mol. The molecule has 0 radical (unpaired) electrons. The predicted octanol–water partition coefficient (Wildman–Crippen LogP) is 2.58. The van der Waals surface area contributed by atoms with Gasteiger partial charge in [0.25, 0.3) is 0 Å². The Balaban J connectivity index is 2.77. The molecule has 0 atom stereocenters. The van der Waals surface area contributed by atoms with Crippen molar-refractivity contribution in [2.45, 2.75) is 46.6 Å². The first-order valence-corrected chi connectivity index (χ1v) is 5.26. The first kappa shape index (κ1) is 11.0. The van der Waals surface area contributed by atoms with Gasteiger partial charge in [0.1, 0.15) is 5.69 Å². The van der Waals surface area contributed by atoms with Gasteiger partial charge in [-0.15, -0.1) is 0 Å². The van der Waals surface area contributed by atoms with E-state index >= 15 is 0 Å². The van der Waals surface area contributed by atoms with E-state index in [4.69, 9.17) is 0 Å². The monoisotopic (exact) mass is 194 g/mol. The summed E-state index contributed by atoms with van der Waals surface area (Å²) in [6.45, 7) is 6.78. The molecule has 1 rings (SSSR count). The van der Waals surface area contributed by atoms with Crippen LogP contribution in [0.5, 0.6) is 0 Å². The van der Waals surface area contributed by atoms with Crippen molar-refractivity contribution in [3.05, 3.63) is 17.5 Å². The van der Waals surface area contributed by atoms with Gasteiger partial charge in [0.15, 0.2) is 5.78 Å². The third-order valence-electron chi connectivity index (χ3n) is 2.24. The smallest absolute Gasteiger partial charge is 0.180 e. The topological polar surface area (TPSA) is 34.9 Å². The Morgan fingerprint density at radius 3 is 2.79 bits per heavy atom. The molecule has 14 heavy (non-hydrogen) atoms. The molecule has 0 aliphatic heterocycles. The number of unbranched alkanes of at least 4 members (excludes halogenated alkanes) is 1. The van der Waals surface area contributed by atoms with Crippen molar-refractivity contribution >= 4 is 5.78 Å². The Labute approximate surface area is 85.1 Å². The van der Waals surface area contributed by atoms with E-state index in [2.05, 4.69) is 12.0 Å². The van der Waals surface area contributed by atoms with E-state index in [9.17, 15) is 4.79 Å². The summed E-state index contributed by atoms with van der Waals surface area (Å²) in [6.07, 6.45) is 2.67. The van der Waals surface area contributed by atoms with Crippen LogP contribution in [-0.4, -0.2) is 15.6 Å². The van der Waals surface area contributed by atoms with Crippen LogP contribution >= 0.6 is 0 Å². The fourth-order valence-corrected chi connectivity index (χ4v) is 1.48. The standard InChI is InChI=1S/C11H18N2O/c1-4-6-7-11(14)10-8-9(3)12-13(10)5-2/h8H,4-7H2,1-3H3. The van der Waals surface area contributed by atoms with Crippen LogP contribution in [0, 0.1) is 6.92 Å². The summed E-state index contributed by atoms with van der Waals surface area (Å²) in [5, 5.41) is 4.25. The highest BCUT2D eigenvalue weighted by Crippen LogP contribution is 2.09. The quantitative estimate of drug-likeness (QED) is 0.675. The number of hydrogen-bond donors (Lipinski definition) is 0. The van der Waals surface area contributed by atoms with Gasteiger partial charge in [-0.1, -0.05) is 13.3 Å². The van der Waals surface area contributed by atoms with Gasteiger partial charge in [-0.05, 0) is 26.3 Å². The molecule has 0 bridgehead atoms. The number of aromatic nitrogens is 2. The van der Waals surface area contributed by atoms with Crippen LogP contribution in [0.3, 0.4) is 0 Å². The summed E-state index contributed by atoms with van der Waals surface area (Å²) < 4.78 is 1.79. The normalized spacial score (nSPS) is 10.5. The number of rotatable bonds is 5. The third kappa shape index (κ3) is 2.44. The van der Waals surface area contributed by atoms with E-state index in [1.807, 2.05) is 19.9 Å². The summed E-state index contributed by atoms with van der Waals surface area (Å²) in [7, 11) is 0. The van der Waals surface area contributed by atoms with Crippen molar-refractivity contribution in [3.63, 3.8) is 0 Å². The molecule has 0 saturated carbocycles. The van der Waals surface area contributed by atoms with Crippen molar-refractivity contribution in [1.82, 2.24) is 9.78 Å². The molecule has 0 spiro atoms. The van der Waals surface area contributed by atoms with Gasteiger partial charge in [0, 0.05) is 13.0 Å². The molecule has 0 amide bonds. The average Bonchev–Trinajstić information content (AvgIpc) is 2.56. The minimum absolute atomic E-state index is 0.217. The van der Waals surface area contributed by atoms with Gasteiger partial charge in [-0.3, -0.25) is 9.48 Å². The summed E-state index contributed by atoms with van der Waals surface area (Å²) in [4.78, 5) is 11.7. The second-order valence-electron chi connectivity index (χ2n) is 3.51. The Kier molecular flexibility index (Phi) is 3.86. The second kappa shape index (κ2) is 4.94. The van der Waals surface area contributed by atoms with Gasteiger partial charge < -0.3 is 0 Å². The van der Waals surface area contributed by atoms with Crippen LogP contribution in [0.2, 0.25) is 0 Å². The maximum Gasteiger partial charge on any atom is 0.180 e. The van der Waals surface area contributed by atoms with Crippen molar-refractivity contribution < 1.29 is 4.79 Å².